The SMILES string of the molecule is NCCC1COC(Cc2cccs2)O1. The molecule has 1 aliphatic heterocycles. The summed E-state index contributed by atoms with van der Waals surface area (Å²) in [5.74, 6) is 0. The molecule has 1 fully saturated rings. The summed E-state index contributed by atoms with van der Waals surface area (Å²) in [6, 6.07) is 4.15. The maximum absolute atomic E-state index is 5.68. The van der Waals surface area contributed by atoms with Gasteiger partial charge in [0.1, 0.15) is 0 Å². The molecule has 2 unspecified atom stereocenters. The summed E-state index contributed by atoms with van der Waals surface area (Å²) in [4.78, 5) is 1.31. The first kappa shape index (κ1) is 10.1. The van der Waals surface area contributed by atoms with Gasteiger partial charge in [0.15, 0.2) is 6.29 Å². The molecule has 14 heavy (non-hydrogen) atoms. The number of thiophene rings is 1. The van der Waals surface area contributed by atoms with E-state index in [0.717, 1.165) is 12.8 Å². The Hall–Kier alpha value is -0.420. The van der Waals surface area contributed by atoms with E-state index in [1.165, 1.54) is 4.88 Å². The minimum absolute atomic E-state index is 0.0646. The van der Waals surface area contributed by atoms with Crippen molar-refractivity contribution in [3.63, 3.8) is 0 Å². The van der Waals surface area contributed by atoms with E-state index >= 15 is 0 Å². The molecular weight excluding hydrogens is 198 g/mol. The van der Waals surface area contributed by atoms with Gasteiger partial charge in [-0.3, -0.25) is 0 Å². The molecule has 0 radical (unpaired) electrons. The van der Waals surface area contributed by atoms with E-state index in [1.807, 2.05) is 6.07 Å². The molecule has 1 aromatic rings. The molecule has 2 N–H and O–H groups in total. The average molecular weight is 213 g/mol. The summed E-state index contributed by atoms with van der Waals surface area (Å²) in [5.41, 5.74) is 5.46. The standard InChI is InChI=1S/C10H15NO2S/c11-4-3-8-7-12-10(13-8)6-9-2-1-5-14-9/h1-2,5,8,10H,3-4,6-7,11H2. The molecule has 1 aliphatic rings. The third-order valence-corrected chi connectivity index (χ3v) is 3.15. The van der Waals surface area contributed by atoms with Crippen LogP contribution in [0.2, 0.25) is 0 Å². The summed E-state index contributed by atoms with van der Waals surface area (Å²) < 4.78 is 11.2. The number of hydrogen-bond acceptors (Lipinski definition) is 4. The molecule has 2 heterocycles. The van der Waals surface area contributed by atoms with Gasteiger partial charge in [0.25, 0.3) is 0 Å². The highest BCUT2D eigenvalue weighted by Gasteiger charge is 2.25. The summed E-state index contributed by atoms with van der Waals surface area (Å²) >= 11 is 1.74. The zero-order valence-corrected chi connectivity index (χ0v) is 8.83. The second kappa shape index (κ2) is 4.89. The molecule has 0 spiro atoms. The lowest BCUT2D eigenvalue weighted by Crippen LogP contribution is -2.17. The first-order valence-electron chi connectivity index (χ1n) is 4.88. The molecule has 2 atom stereocenters. The Bertz CT molecular complexity index is 263. The fourth-order valence-electron chi connectivity index (χ4n) is 1.55. The molecule has 78 valence electrons. The highest BCUT2D eigenvalue weighted by Crippen LogP contribution is 2.20. The van der Waals surface area contributed by atoms with Crippen molar-refractivity contribution in [2.24, 2.45) is 5.73 Å². The van der Waals surface area contributed by atoms with Crippen molar-refractivity contribution in [1.29, 1.82) is 0 Å². The van der Waals surface area contributed by atoms with Crippen molar-refractivity contribution < 1.29 is 9.47 Å². The summed E-state index contributed by atoms with van der Waals surface area (Å²) in [7, 11) is 0. The van der Waals surface area contributed by atoms with Crippen LogP contribution in [-0.2, 0) is 15.9 Å². The fourth-order valence-corrected chi connectivity index (χ4v) is 2.27. The largest absolute Gasteiger partial charge is 0.350 e. The second-order valence-electron chi connectivity index (χ2n) is 3.38. The van der Waals surface area contributed by atoms with E-state index in [0.29, 0.717) is 13.2 Å². The fraction of sp³-hybridized carbons (Fsp3) is 0.600. The van der Waals surface area contributed by atoms with E-state index in [4.69, 9.17) is 15.2 Å². The quantitative estimate of drug-likeness (QED) is 0.821. The van der Waals surface area contributed by atoms with E-state index in [9.17, 15) is 0 Å². The third kappa shape index (κ3) is 2.54. The predicted molar refractivity (Wildman–Crippen MR) is 56.3 cm³/mol. The number of nitrogens with two attached hydrogens (primary N) is 1. The summed E-state index contributed by atoms with van der Waals surface area (Å²) in [5, 5.41) is 2.07. The van der Waals surface area contributed by atoms with Crippen molar-refractivity contribution in [3.8, 4) is 0 Å². The first-order chi connectivity index (χ1) is 6.88. The van der Waals surface area contributed by atoms with Crippen molar-refractivity contribution >= 4 is 11.3 Å². The molecule has 1 aromatic heterocycles. The Balaban J connectivity index is 1.79. The van der Waals surface area contributed by atoms with Gasteiger partial charge >= 0.3 is 0 Å². The first-order valence-corrected chi connectivity index (χ1v) is 5.76. The molecule has 2 rings (SSSR count). The number of hydrogen-bond donors (Lipinski definition) is 1. The Labute approximate surface area is 87.8 Å². The molecule has 1 saturated heterocycles. The van der Waals surface area contributed by atoms with Crippen molar-refractivity contribution in [1.82, 2.24) is 0 Å². The second-order valence-corrected chi connectivity index (χ2v) is 4.41. The topological polar surface area (TPSA) is 44.5 Å². The molecule has 0 aliphatic carbocycles. The Morgan fingerprint density at radius 3 is 3.21 bits per heavy atom. The van der Waals surface area contributed by atoms with Crippen LogP contribution >= 0.6 is 11.3 Å². The van der Waals surface area contributed by atoms with Gasteiger partial charge in [-0.25, -0.2) is 0 Å². The van der Waals surface area contributed by atoms with Crippen LogP contribution in [0.3, 0.4) is 0 Å². The van der Waals surface area contributed by atoms with Crippen LogP contribution in [0, 0.1) is 0 Å². The van der Waals surface area contributed by atoms with Crippen molar-refractivity contribution in [3.05, 3.63) is 22.4 Å². The zero-order valence-electron chi connectivity index (χ0n) is 8.02. The van der Waals surface area contributed by atoms with Crippen molar-refractivity contribution in [2.45, 2.75) is 25.2 Å². The van der Waals surface area contributed by atoms with Gasteiger partial charge in [-0.05, 0) is 24.4 Å². The van der Waals surface area contributed by atoms with E-state index < -0.39 is 0 Å². The predicted octanol–water partition coefficient (Wildman–Crippen LogP) is 1.38. The highest BCUT2D eigenvalue weighted by atomic mass is 32.1. The van der Waals surface area contributed by atoms with Gasteiger partial charge in [-0.15, -0.1) is 11.3 Å². The maximum Gasteiger partial charge on any atom is 0.162 e. The van der Waals surface area contributed by atoms with Crippen LogP contribution in [-0.4, -0.2) is 25.5 Å². The third-order valence-electron chi connectivity index (χ3n) is 2.25. The van der Waals surface area contributed by atoms with Crippen LogP contribution in [0.15, 0.2) is 17.5 Å². The smallest absolute Gasteiger partial charge is 0.162 e. The molecule has 0 aromatic carbocycles. The van der Waals surface area contributed by atoms with E-state index in [-0.39, 0.29) is 12.4 Å². The minimum Gasteiger partial charge on any atom is -0.350 e. The van der Waals surface area contributed by atoms with Crippen molar-refractivity contribution in [2.75, 3.05) is 13.2 Å². The molecule has 4 heteroatoms. The molecule has 0 bridgehead atoms. The molecule has 0 amide bonds. The Kier molecular flexibility index (Phi) is 3.53. The van der Waals surface area contributed by atoms with E-state index in [2.05, 4.69) is 11.4 Å². The van der Waals surface area contributed by atoms with Gasteiger partial charge in [-0.2, -0.15) is 0 Å². The monoisotopic (exact) mass is 213 g/mol. The molecular formula is C10H15NO2S. The van der Waals surface area contributed by atoms with E-state index in [1.54, 1.807) is 11.3 Å². The van der Waals surface area contributed by atoms with Crippen LogP contribution in [0.1, 0.15) is 11.3 Å². The van der Waals surface area contributed by atoms with Gasteiger partial charge in [0.05, 0.1) is 12.7 Å². The van der Waals surface area contributed by atoms with Crippen LogP contribution < -0.4 is 5.73 Å². The average Bonchev–Trinajstić information content (AvgIpc) is 2.79. The van der Waals surface area contributed by atoms with Gasteiger partial charge in [0, 0.05) is 11.3 Å². The number of ether oxygens (including phenoxy) is 2. The van der Waals surface area contributed by atoms with Gasteiger partial charge in [0.2, 0.25) is 0 Å². The normalized spacial score (nSPS) is 26.9. The lowest BCUT2D eigenvalue weighted by molar-refractivity contribution is -0.0558. The van der Waals surface area contributed by atoms with Crippen LogP contribution in [0.25, 0.3) is 0 Å². The highest BCUT2D eigenvalue weighted by molar-refractivity contribution is 7.09. The molecule has 0 saturated carbocycles. The van der Waals surface area contributed by atoms with Gasteiger partial charge < -0.3 is 15.2 Å². The maximum atomic E-state index is 5.68. The summed E-state index contributed by atoms with van der Waals surface area (Å²) in [6.45, 7) is 1.35. The van der Waals surface area contributed by atoms with Crippen LogP contribution in [0.4, 0.5) is 0 Å². The zero-order chi connectivity index (χ0) is 9.80. The lowest BCUT2D eigenvalue weighted by Gasteiger charge is -2.09. The minimum atomic E-state index is -0.0646. The lowest BCUT2D eigenvalue weighted by atomic mass is 10.3. The summed E-state index contributed by atoms with van der Waals surface area (Å²) in [6.07, 6.45) is 1.88. The number of rotatable bonds is 4. The Morgan fingerprint density at radius 1 is 1.57 bits per heavy atom. The molecule has 3 nitrogen and oxygen atoms in total. The van der Waals surface area contributed by atoms with Gasteiger partial charge in [-0.1, -0.05) is 6.07 Å². The van der Waals surface area contributed by atoms with Crippen LogP contribution in [0.5, 0.6) is 0 Å². The Morgan fingerprint density at radius 2 is 2.50 bits per heavy atom.